The molecule has 1 saturated carbocycles. The summed E-state index contributed by atoms with van der Waals surface area (Å²) in [6, 6.07) is 14.3. The van der Waals surface area contributed by atoms with E-state index in [0.29, 0.717) is 35.6 Å². The summed E-state index contributed by atoms with van der Waals surface area (Å²) < 4.78 is 13.8. The van der Waals surface area contributed by atoms with E-state index in [-0.39, 0.29) is 29.7 Å². The molecule has 1 aliphatic carbocycles. The van der Waals surface area contributed by atoms with Gasteiger partial charge in [0.15, 0.2) is 0 Å². The highest BCUT2D eigenvalue weighted by atomic mass is 16.5. The third-order valence-corrected chi connectivity index (χ3v) is 6.43. The molecule has 1 fully saturated rings. The molecule has 0 saturated heterocycles. The fourth-order valence-corrected chi connectivity index (χ4v) is 4.40. The Bertz CT molecular complexity index is 1240. The van der Waals surface area contributed by atoms with E-state index in [4.69, 9.17) is 20.6 Å². The van der Waals surface area contributed by atoms with Gasteiger partial charge in [0.1, 0.15) is 17.8 Å². The van der Waals surface area contributed by atoms with E-state index in [1.165, 1.54) is 9.25 Å². The molecule has 4 rings (SSSR count). The highest BCUT2D eigenvalue weighted by Crippen LogP contribution is 2.23. The van der Waals surface area contributed by atoms with E-state index in [2.05, 4.69) is 5.10 Å². The van der Waals surface area contributed by atoms with Crippen LogP contribution in [0, 0.1) is 12.3 Å². The molecule has 0 aliphatic heterocycles. The Balaban J connectivity index is 1.38. The summed E-state index contributed by atoms with van der Waals surface area (Å²) in [6.07, 6.45) is 4.70. The molecule has 0 amide bonds. The van der Waals surface area contributed by atoms with Crippen LogP contribution in [-0.2, 0) is 20.7 Å². The number of nitrogen functional groups attached to an aromatic ring is 1. The number of nitrogens with zero attached hydrogens (tertiary/aromatic N) is 3. The van der Waals surface area contributed by atoms with Crippen LogP contribution >= 0.6 is 0 Å². The number of hydrogen-bond donors (Lipinski definition) is 2. The fourth-order valence-electron chi connectivity index (χ4n) is 4.40. The molecule has 0 bridgehead atoms. The number of methoxy groups -OCH3 is 1. The second-order valence-corrected chi connectivity index (χ2v) is 8.83. The number of ether oxygens (including phenoxy) is 2. The first kappa shape index (κ1) is 24.4. The number of nitrogens with one attached hydrogen (secondary N) is 1. The van der Waals surface area contributed by atoms with Crippen LogP contribution in [0.5, 0.6) is 0 Å². The molecule has 3 N–H and O–H groups in total. The molecule has 0 radical (unpaired) electrons. The van der Waals surface area contributed by atoms with Gasteiger partial charge in [-0.3, -0.25) is 10.2 Å². The van der Waals surface area contributed by atoms with Crippen molar-refractivity contribution in [3.63, 3.8) is 0 Å². The molecule has 0 atom stereocenters. The fraction of sp³-hybridized carbons (Fsp3) is 0.385. The molecule has 1 heterocycles. The van der Waals surface area contributed by atoms with Crippen LogP contribution in [0.3, 0.4) is 0 Å². The Kier molecular flexibility index (Phi) is 7.45. The van der Waals surface area contributed by atoms with Crippen molar-refractivity contribution in [2.45, 2.75) is 57.7 Å². The maximum atomic E-state index is 13.1. The number of esters is 1. The van der Waals surface area contributed by atoms with E-state index in [1.54, 1.807) is 38.3 Å². The van der Waals surface area contributed by atoms with Crippen LogP contribution in [0.1, 0.15) is 49.1 Å². The smallest absolute Gasteiger partial charge is 0.355 e. The molecule has 2 aromatic carbocycles. The summed E-state index contributed by atoms with van der Waals surface area (Å²) in [5.41, 5.74) is 8.07. The second kappa shape index (κ2) is 10.7. The van der Waals surface area contributed by atoms with E-state index in [9.17, 15) is 9.59 Å². The molecule has 9 nitrogen and oxygen atoms in total. The number of nitrogens with two attached hydrogens (primary N) is 1. The molecule has 3 aromatic rings. The highest BCUT2D eigenvalue weighted by molar-refractivity contribution is 5.95. The zero-order valence-electron chi connectivity index (χ0n) is 20.1. The Labute approximate surface area is 204 Å². The first-order chi connectivity index (χ1) is 16.9. The van der Waals surface area contributed by atoms with Crippen LogP contribution in [0.25, 0.3) is 11.4 Å². The third-order valence-electron chi connectivity index (χ3n) is 6.43. The molecule has 184 valence electrons. The van der Waals surface area contributed by atoms with Crippen molar-refractivity contribution in [3.8, 4) is 11.4 Å². The third kappa shape index (κ3) is 5.68. The molecule has 1 aliphatic rings. The predicted molar refractivity (Wildman–Crippen MR) is 132 cm³/mol. The van der Waals surface area contributed by atoms with Crippen molar-refractivity contribution in [1.29, 1.82) is 5.41 Å². The largest absolute Gasteiger partial charge is 0.462 e. The van der Waals surface area contributed by atoms with Gasteiger partial charge < -0.3 is 15.2 Å². The number of benzene rings is 2. The van der Waals surface area contributed by atoms with E-state index in [1.807, 2.05) is 24.3 Å². The molecule has 9 heteroatoms. The number of aromatic nitrogens is 3. The lowest BCUT2D eigenvalue weighted by molar-refractivity contribution is -0.151. The zero-order valence-corrected chi connectivity index (χ0v) is 20.1. The average Bonchev–Trinajstić information content (AvgIpc) is 3.17. The number of rotatable bonds is 8. The van der Waals surface area contributed by atoms with E-state index >= 15 is 0 Å². The quantitative estimate of drug-likeness (QED) is 0.292. The van der Waals surface area contributed by atoms with Crippen LogP contribution in [0.15, 0.2) is 53.3 Å². The van der Waals surface area contributed by atoms with Gasteiger partial charge in [-0.05, 0) is 81.0 Å². The van der Waals surface area contributed by atoms with Gasteiger partial charge in [0.05, 0.1) is 17.5 Å². The Morgan fingerprint density at radius 1 is 1.03 bits per heavy atom. The Hall–Kier alpha value is -3.72. The second-order valence-electron chi connectivity index (χ2n) is 8.83. The van der Waals surface area contributed by atoms with Gasteiger partial charge >= 0.3 is 11.7 Å². The van der Waals surface area contributed by atoms with Gasteiger partial charge in [0, 0.05) is 19.1 Å². The highest BCUT2D eigenvalue weighted by Gasteiger charge is 2.23. The predicted octanol–water partition coefficient (Wildman–Crippen LogP) is 3.05. The summed E-state index contributed by atoms with van der Waals surface area (Å²) >= 11 is 0. The summed E-state index contributed by atoms with van der Waals surface area (Å²) in [7, 11) is 1.72. The maximum absolute atomic E-state index is 13.1. The molecule has 0 spiro atoms. The lowest BCUT2D eigenvalue weighted by Gasteiger charge is -2.27. The number of amidine groups is 1. The monoisotopic (exact) mass is 477 g/mol. The first-order valence-corrected chi connectivity index (χ1v) is 11.8. The summed E-state index contributed by atoms with van der Waals surface area (Å²) in [6.45, 7) is 1.77. The van der Waals surface area contributed by atoms with Gasteiger partial charge in [-0.15, -0.1) is 5.10 Å². The molecule has 0 unspecified atom stereocenters. The summed E-state index contributed by atoms with van der Waals surface area (Å²) in [4.78, 5) is 25.3. The van der Waals surface area contributed by atoms with Crippen molar-refractivity contribution in [2.75, 3.05) is 7.11 Å². The lowest BCUT2D eigenvalue weighted by Crippen LogP contribution is -2.27. The first-order valence-electron chi connectivity index (χ1n) is 11.8. The van der Waals surface area contributed by atoms with Crippen molar-refractivity contribution in [2.24, 2.45) is 5.73 Å². The number of carbonyl (C=O) groups is 1. The van der Waals surface area contributed by atoms with Crippen molar-refractivity contribution >= 4 is 11.8 Å². The maximum Gasteiger partial charge on any atom is 0.355 e. The van der Waals surface area contributed by atoms with Gasteiger partial charge in [0.2, 0.25) is 0 Å². The molecular weight excluding hydrogens is 446 g/mol. The number of carbonyl (C=O) groups excluding carboxylic acids is 1. The number of aryl methyl sites for hydroxylation is 2. The van der Waals surface area contributed by atoms with Crippen LogP contribution in [-0.4, -0.2) is 45.5 Å². The topological polar surface area (TPSA) is 125 Å². The van der Waals surface area contributed by atoms with E-state index < -0.39 is 0 Å². The summed E-state index contributed by atoms with van der Waals surface area (Å²) in [5, 5.41) is 11.9. The molecule has 35 heavy (non-hydrogen) atoms. The molecular formula is C26H31N5O4. The normalized spacial score (nSPS) is 17.8. The minimum absolute atomic E-state index is 0.0127. The Morgan fingerprint density at radius 2 is 1.63 bits per heavy atom. The van der Waals surface area contributed by atoms with E-state index in [0.717, 1.165) is 31.2 Å². The zero-order chi connectivity index (χ0) is 24.9. The van der Waals surface area contributed by atoms with Crippen LogP contribution < -0.4 is 11.4 Å². The van der Waals surface area contributed by atoms with Gasteiger partial charge in [-0.2, -0.15) is 4.68 Å². The minimum atomic E-state index is -0.294. The van der Waals surface area contributed by atoms with Crippen molar-refractivity contribution in [1.82, 2.24) is 14.3 Å². The SMILES string of the molecule is COC1CCC(OC(=O)CCc2ccc(-n3c(C)nn(-c4ccc(C(=N)N)cc4)c3=O)cc2)CC1. The van der Waals surface area contributed by atoms with Gasteiger partial charge in [-0.25, -0.2) is 9.36 Å². The van der Waals surface area contributed by atoms with Crippen LogP contribution in [0.4, 0.5) is 0 Å². The summed E-state index contributed by atoms with van der Waals surface area (Å²) in [5.74, 6) is 0.331. The van der Waals surface area contributed by atoms with Gasteiger partial charge in [0.25, 0.3) is 0 Å². The molecule has 1 aromatic heterocycles. The van der Waals surface area contributed by atoms with Crippen molar-refractivity contribution in [3.05, 3.63) is 76.0 Å². The Morgan fingerprint density at radius 3 is 2.23 bits per heavy atom. The average molecular weight is 478 g/mol. The standard InChI is InChI=1S/C26H31N5O4/c1-17-29-31(21-10-6-19(7-11-21)25(27)28)26(33)30(17)20-8-3-18(4-9-20)5-16-24(32)35-23-14-12-22(34-2)13-15-23/h3-4,6-11,22-23H,5,12-16H2,1-2H3,(H3,27,28). The minimum Gasteiger partial charge on any atom is -0.462 e. The lowest BCUT2D eigenvalue weighted by atomic mass is 9.95. The van der Waals surface area contributed by atoms with Gasteiger partial charge in [-0.1, -0.05) is 12.1 Å². The number of hydrogen-bond acceptors (Lipinski definition) is 6. The van der Waals surface area contributed by atoms with Crippen molar-refractivity contribution < 1.29 is 14.3 Å². The van der Waals surface area contributed by atoms with Crippen LogP contribution in [0.2, 0.25) is 0 Å².